The maximum absolute atomic E-state index is 9.97. The van der Waals surface area contributed by atoms with Crippen LogP contribution in [0.25, 0.3) is 0 Å². The van der Waals surface area contributed by atoms with Crippen molar-refractivity contribution in [2.75, 3.05) is 26.9 Å². The Kier molecular flexibility index (Phi) is 11.4. The van der Waals surface area contributed by atoms with E-state index in [1.165, 1.54) is 5.56 Å². The number of ether oxygens (including phenoxy) is 2. The highest BCUT2D eigenvalue weighted by Crippen LogP contribution is 2.27. The van der Waals surface area contributed by atoms with E-state index < -0.39 is 18.0 Å². The molecule has 160 valence electrons. The van der Waals surface area contributed by atoms with Crippen molar-refractivity contribution in [1.29, 1.82) is 0 Å². The maximum atomic E-state index is 9.97. The Morgan fingerprint density at radius 1 is 1.14 bits per heavy atom. The zero-order chi connectivity index (χ0) is 21.9. The zero-order valence-corrected chi connectivity index (χ0v) is 17.5. The normalized spacial score (nSPS) is 13.1. The van der Waals surface area contributed by atoms with E-state index in [1.807, 2.05) is 19.9 Å². The summed E-state index contributed by atoms with van der Waals surface area (Å²) in [6.07, 6.45) is -0.541. The summed E-state index contributed by atoms with van der Waals surface area (Å²) in [4.78, 5) is 18.2. The first kappa shape index (κ1) is 25.8. The summed E-state index contributed by atoms with van der Waals surface area (Å²) in [5, 5.41) is 28.0. The fourth-order valence-corrected chi connectivity index (χ4v) is 2.17. The van der Waals surface area contributed by atoms with E-state index in [1.54, 1.807) is 7.11 Å². The van der Waals surface area contributed by atoms with Gasteiger partial charge in [-0.1, -0.05) is 32.9 Å². The monoisotopic (exact) mass is 399 g/mol. The number of carbonyl (C=O) groups is 2. The third-order valence-electron chi connectivity index (χ3n) is 3.77. The second-order valence-electron chi connectivity index (χ2n) is 7.57. The number of nitrogens with one attached hydrogen (secondary N) is 1. The predicted octanol–water partition coefficient (Wildman–Crippen LogP) is 1.81. The van der Waals surface area contributed by atoms with Crippen LogP contribution in [0.3, 0.4) is 0 Å². The molecule has 0 bridgehead atoms. The molecule has 0 saturated carbocycles. The number of methoxy groups -OCH3 is 1. The molecule has 0 aliphatic rings. The second-order valence-corrected chi connectivity index (χ2v) is 7.57. The molecule has 8 heteroatoms. The third kappa shape index (κ3) is 10.9. The van der Waals surface area contributed by atoms with Crippen molar-refractivity contribution < 1.29 is 34.4 Å². The summed E-state index contributed by atoms with van der Waals surface area (Å²) in [5.74, 6) is -2.82. The summed E-state index contributed by atoms with van der Waals surface area (Å²) in [6, 6.07) is 6.45. The van der Waals surface area contributed by atoms with Crippen LogP contribution in [0, 0.1) is 6.92 Å². The predicted molar refractivity (Wildman–Crippen MR) is 106 cm³/mol. The van der Waals surface area contributed by atoms with Crippen molar-refractivity contribution in [2.24, 2.45) is 0 Å². The number of hydrogen-bond donors (Lipinski definition) is 4. The molecular formula is C20H33NO7. The average Bonchev–Trinajstić information content (AvgIpc) is 2.58. The van der Waals surface area contributed by atoms with Crippen LogP contribution in [0.15, 0.2) is 18.2 Å². The second kappa shape index (κ2) is 12.3. The third-order valence-corrected chi connectivity index (χ3v) is 3.77. The van der Waals surface area contributed by atoms with Crippen molar-refractivity contribution in [3.63, 3.8) is 0 Å². The van der Waals surface area contributed by atoms with Crippen LogP contribution in [0.5, 0.6) is 5.75 Å². The molecule has 4 N–H and O–H groups in total. The molecule has 0 aromatic heterocycles. The molecule has 8 nitrogen and oxygen atoms in total. The first-order valence-electron chi connectivity index (χ1n) is 8.99. The van der Waals surface area contributed by atoms with E-state index in [0.717, 1.165) is 11.3 Å². The summed E-state index contributed by atoms with van der Waals surface area (Å²) >= 11 is 0. The number of aliphatic hydroxyl groups is 1. The van der Waals surface area contributed by atoms with Gasteiger partial charge in [0.2, 0.25) is 0 Å². The Labute approximate surface area is 166 Å². The molecule has 0 heterocycles. The van der Waals surface area contributed by atoms with Crippen molar-refractivity contribution in [2.45, 2.75) is 52.2 Å². The largest absolute Gasteiger partial charge is 0.491 e. The van der Waals surface area contributed by atoms with E-state index in [9.17, 15) is 5.11 Å². The van der Waals surface area contributed by atoms with Crippen LogP contribution < -0.4 is 10.1 Å². The number of benzene rings is 1. The van der Waals surface area contributed by atoms with E-state index in [2.05, 4.69) is 38.2 Å². The Morgan fingerprint density at radius 3 is 2.14 bits per heavy atom. The lowest BCUT2D eigenvalue weighted by Crippen LogP contribution is -2.38. The molecule has 2 atom stereocenters. The van der Waals surface area contributed by atoms with Gasteiger partial charge in [-0.15, -0.1) is 0 Å². The Bertz CT molecular complexity index is 613. The van der Waals surface area contributed by atoms with E-state index >= 15 is 0 Å². The lowest BCUT2D eigenvalue weighted by molar-refractivity contribution is -0.159. The van der Waals surface area contributed by atoms with Crippen molar-refractivity contribution >= 4 is 11.9 Å². The van der Waals surface area contributed by atoms with Crippen LogP contribution in [0.1, 0.15) is 38.8 Å². The van der Waals surface area contributed by atoms with Crippen LogP contribution in [-0.2, 0) is 19.7 Å². The average molecular weight is 399 g/mol. The highest BCUT2D eigenvalue weighted by Gasteiger charge is 2.15. The highest BCUT2D eigenvalue weighted by molar-refractivity contribution is 6.27. The van der Waals surface area contributed by atoms with Crippen molar-refractivity contribution in [3.05, 3.63) is 29.3 Å². The summed E-state index contributed by atoms with van der Waals surface area (Å²) in [7, 11) is 1.67. The Balaban J connectivity index is 0.00000105. The molecule has 0 saturated heterocycles. The number of carboxylic acid groups (broad SMARTS) is 2. The topological polar surface area (TPSA) is 125 Å². The molecule has 0 amide bonds. The minimum Gasteiger partial charge on any atom is -0.491 e. The van der Waals surface area contributed by atoms with Crippen molar-refractivity contribution in [3.8, 4) is 5.75 Å². The van der Waals surface area contributed by atoms with Crippen LogP contribution in [0.4, 0.5) is 0 Å². The fraction of sp³-hybridized carbons (Fsp3) is 0.600. The summed E-state index contributed by atoms with van der Waals surface area (Å²) in [6.45, 7) is 12.0. The molecular weight excluding hydrogens is 366 g/mol. The van der Waals surface area contributed by atoms with Gasteiger partial charge in [-0.3, -0.25) is 0 Å². The van der Waals surface area contributed by atoms with Gasteiger partial charge in [0.1, 0.15) is 18.5 Å². The van der Waals surface area contributed by atoms with Gasteiger partial charge in [0, 0.05) is 19.7 Å². The SMILES string of the molecule is COCC(C)NCC(O)COc1ccc(C(C)(C)C)cc1C.O=C(O)C(=O)O. The van der Waals surface area contributed by atoms with Gasteiger partial charge in [-0.2, -0.15) is 0 Å². The van der Waals surface area contributed by atoms with Gasteiger partial charge in [0.05, 0.1) is 6.61 Å². The highest BCUT2D eigenvalue weighted by atomic mass is 16.5. The van der Waals surface area contributed by atoms with E-state index in [-0.39, 0.29) is 18.1 Å². The smallest absolute Gasteiger partial charge is 0.414 e. The number of hydrogen-bond acceptors (Lipinski definition) is 6. The van der Waals surface area contributed by atoms with Gasteiger partial charge < -0.3 is 30.1 Å². The molecule has 1 aromatic carbocycles. The first-order chi connectivity index (χ1) is 12.9. The van der Waals surface area contributed by atoms with Crippen LogP contribution >= 0.6 is 0 Å². The van der Waals surface area contributed by atoms with Crippen molar-refractivity contribution in [1.82, 2.24) is 5.32 Å². The van der Waals surface area contributed by atoms with Gasteiger partial charge in [0.15, 0.2) is 0 Å². The standard InChI is InChI=1S/C18H31NO3.C2H2O4/c1-13-9-15(18(3,4)5)7-8-17(13)22-12-16(20)10-19-14(2)11-21-6;3-1(4)2(5)6/h7-9,14,16,19-20H,10-12H2,1-6H3;(H,3,4)(H,5,6). The zero-order valence-electron chi connectivity index (χ0n) is 17.5. The van der Waals surface area contributed by atoms with E-state index in [4.69, 9.17) is 29.3 Å². The summed E-state index contributed by atoms with van der Waals surface area (Å²) < 4.78 is 10.8. The van der Waals surface area contributed by atoms with Gasteiger partial charge in [-0.25, -0.2) is 9.59 Å². The molecule has 2 unspecified atom stereocenters. The lowest BCUT2D eigenvalue weighted by Gasteiger charge is -2.21. The van der Waals surface area contributed by atoms with Gasteiger partial charge >= 0.3 is 11.9 Å². The number of carboxylic acids is 2. The van der Waals surface area contributed by atoms with Gasteiger partial charge in [0.25, 0.3) is 0 Å². The first-order valence-corrected chi connectivity index (χ1v) is 8.99. The molecule has 0 aliphatic heterocycles. The molecule has 0 fully saturated rings. The summed E-state index contributed by atoms with van der Waals surface area (Å²) in [5.41, 5.74) is 2.51. The molecule has 0 aliphatic carbocycles. The molecule has 1 aromatic rings. The molecule has 28 heavy (non-hydrogen) atoms. The minimum atomic E-state index is -1.82. The quantitative estimate of drug-likeness (QED) is 0.488. The molecule has 0 spiro atoms. The van der Waals surface area contributed by atoms with Crippen LogP contribution in [0.2, 0.25) is 0 Å². The lowest BCUT2D eigenvalue weighted by atomic mass is 9.86. The maximum Gasteiger partial charge on any atom is 0.414 e. The number of aliphatic hydroxyl groups excluding tert-OH is 1. The van der Waals surface area contributed by atoms with E-state index in [0.29, 0.717) is 13.2 Å². The Hall–Kier alpha value is -2.16. The molecule has 0 radical (unpaired) electrons. The number of aliphatic carboxylic acids is 2. The number of aryl methyl sites for hydroxylation is 1. The Morgan fingerprint density at radius 2 is 1.71 bits per heavy atom. The fourth-order valence-electron chi connectivity index (χ4n) is 2.17. The number of rotatable bonds is 8. The van der Waals surface area contributed by atoms with Gasteiger partial charge in [-0.05, 0) is 36.5 Å². The molecule has 1 rings (SSSR count). The van der Waals surface area contributed by atoms with Crippen LogP contribution in [-0.4, -0.2) is 66.3 Å². The minimum absolute atomic E-state index is 0.129.